The molecule has 100 valence electrons. The summed E-state index contributed by atoms with van der Waals surface area (Å²) in [5, 5.41) is 0. The Morgan fingerprint density at radius 3 is 2.89 bits per heavy atom. The van der Waals surface area contributed by atoms with Gasteiger partial charge in [0.15, 0.2) is 0 Å². The molecule has 0 aliphatic carbocycles. The number of carbonyl (C=O) groups excluding carboxylic acids is 1. The van der Waals surface area contributed by atoms with Gasteiger partial charge in [-0.05, 0) is 19.2 Å². The Kier molecular flexibility index (Phi) is 5.27. The third-order valence-electron chi connectivity index (χ3n) is 2.70. The maximum Gasteiger partial charge on any atom is 0.341 e. The van der Waals surface area contributed by atoms with Gasteiger partial charge in [0.05, 0.1) is 19.0 Å². The summed E-state index contributed by atoms with van der Waals surface area (Å²) in [7, 11) is 3.26. The topological polar surface area (TPSA) is 68.5 Å². The van der Waals surface area contributed by atoms with E-state index in [2.05, 4.69) is 11.9 Å². The quantitative estimate of drug-likeness (QED) is 0.820. The molecule has 0 aliphatic rings. The zero-order valence-corrected chi connectivity index (χ0v) is 12.0. The molecule has 1 aromatic heterocycles. The van der Waals surface area contributed by atoms with Gasteiger partial charge in [0.1, 0.15) is 11.4 Å². The molecule has 0 spiro atoms. The molecule has 1 unspecified atom stereocenters. The number of pyridine rings is 1. The maximum atomic E-state index is 11.7. The molecule has 1 heterocycles. The molecule has 0 aliphatic heterocycles. The van der Waals surface area contributed by atoms with E-state index in [4.69, 9.17) is 10.5 Å². The summed E-state index contributed by atoms with van der Waals surface area (Å²) in [6, 6.07) is 1.86. The van der Waals surface area contributed by atoms with Crippen molar-refractivity contribution in [3.05, 3.63) is 17.8 Å². The lowest BCUT2D eigenvalue weighted by atomic mass is 10.2. The lowest BCUT2D eigenvalue weighted by Gasteiger charge is -2.26. The number of carbonyl (C=O) groups is 1. The van der Waals surface area contributed by atoms with Crippen molar-refractivity contribution in [2.24, 2.45) is 0 Å². The van der Waals surface area contributed by atoms with E-state index in [1.807, 2.05) is 18.2 Å². The predicted molar refractivity (Wildman–Crippen MR) is 76.2 cm³/mol. The molecule has 5 nitrogen and oxygen atoms in total. The molecule has 2 N–H and O–H groups in total. The van der Waals surface area contributed by atoms with Crippen LogP contribution in [0.2, 0.25) is 0 Å². The molecule has 1 aromatic rings. The van der Waals surface area contributed by atoms with Crippen LogP contribution in [0.5, 0.6) is 0 Å². The molecule has 0 saturated carbocycles. The fourth-order valence-corrected chi connectivity index (χ4v) is 2.28. The highest BCUT2D eigenvalue weighted by molar-refractivity contribution is 7.98. The van der Waals surface area contributed by atoms with Crippen molar-refractivity contribution < 1.29 is 9.53 Å². The molecule has 0 saturated heterocycles. The Labute approximate surface area is 112 Å². The van der Waals surface area contributed by atoms with Crippen LogP contribution in [0.4, 0.5) is 11.5 Å². The Morgan fingerprint density at radius 2 is 2.33 bits per heavy atom. The number of aromatic nitrogens is 1. The third-order valence-corrected chi connectivity index (χ3v) is 3.51. The number of hydrogen-bond acceptors (Lipinski definition) is 6. The van der Waals surface area contributed by atoms with Crippen molar-refractivity contribution in [2.75, 3.05) is 36.8 Å². The van der Waals surface area contributed by atoms with Gasteiger partial charge in [-0.25, -0.2) is 9.78 Å². The summed E-state index contributed by atoms with van der Waals surface area (Å²) in [5.74, 6) is 1.12. The van der Waals surface area contributed by atoms with E-state index in [-0.39, 0.29) is 6.04 Å². The van der Waals surface area contributed by atoms with Crippen LogP contribution in [-0.4, -0.2) is 43.2 Å². The summed E-state index contributed by atoms with van der Waals surface area (Å²) in [4.78, 5) is 17.9. The average molecular weight is 269 g/mol. The molecule has 6 heteroatoms. The number of esters is 1. The fourth-order valence-electron chi connectivity index (χ4n) is 1.58. The van der Waals surface area contributed by atoms with Gasteiger partial charge in [0, 0.05) is 18.8 Å². The van der Waals surface area contributed by atoms with Crippen molar-refractivity contribution in [3.63, 3.8) is 0 Å². The first-order chi connectivity index (χ1) is 8.51. The molecule has 0 aromatic carbocycles. The van der Waals surface area contributed by atoms with Crippen molar-refractivity contribution in [3.8, 4) is 0 Å². The number of hydrogen-bond donors (Lipinski definition) is 1. The number of nitrogens with two attached hydrogens (primary N) is 1. The predicted octanol–water partition coefficient (Wildman–Crippen LogP) is 1.64. The molecule has 0 bridgehead atoms. The van der Waals surface area contributed by atoms with Gasteiger partial charge < -0.3 is 15.4 Å². The maximum absolute atomic E-state index is 11.7. The third kappa shape index (κ3) is 3.29. The average Bonchev–Trinajstić information content (AvgIpc) is 2.37. The largest absolute Gasteiger partial charge is 0.465 e. The molecular weight excluding hydrogens is 250 g/mol. The van der Waals surface area contributed by atoms with Gasteiger partial charge in [0.2, 0.25) is 0 Å². The molecule has 18 heavy (non-hydrogen) atoms. The summed E-state index contributed by atoms with van der Waals surface area (Å²) in [5.41, 5.74) is 6.51. The SMILES string of the molecule is COC(=O)c1cc(N)cnc1N(C)C(C)CSC. The van der Waals surface area contributed by atoms with Gasteiger partial charge in [-0.2, -0.15) is 11.8 Å². The van der Waals surface area contributed by atoms with Crippen molar-refractivity contribution in [2.45, 2.75) is 13.0 Å². The Bertz CT molecular complexity index is 426. The summed E-state index contributed by atoms with van der Waals surface area (Å²) in [6.07, 6.45) is 3.59. The Hall–Kier alpha value is -1.43. The molecule has 0 amide bonds. The molecular formula is C12H19N3O2S. The van der Waals surface area contributed by atoms with Crippen LogP contribution in [0.15, 0.2) is 12.3 Å². The number of rotatable bonds is 5. The van der Waals surface area contributed by atoms with Crippen LogP contribution < -0.4 is 10.6 Å². The number of methoxy groups -OCH3 is 1. The van der Waals surface area contributed by atoms with Crippen LogP contribution >= 0.6 is 11.8 Å². The smallest absolute Gasteiger partial charge is 0.341 e. The number of thioether (sulfide) groups is 1. The van der Waals surface area contributed by atoms with Crippen molar-refractivity contribution in [1.82, 2.24) is 4.98 Å². The standard InChI is InChI=1S/C12H19N3O2S/c1-8(7-18-4)15(2)11-10(12(16)17-3)5-9(13)6-14-11/h5-6,8H,7,13H2,1-4H3. The lowest BCUT2D eigenvalue weighted by molar-refractivity contribution is 0.0601. The molecule has 1 atom stereocenters. The molecule has 0 fully saturated rings. The summed E-state index contributed by atoms with van der Waals surface area (Å²) in [6.45, 7) is 2.08. The highest BCUT2D eigenvalue weighted by atomic mass is 32.2. The minimum atomic E-state index is -0.423. The molecule has 0 radical (unpaired) electrons. The van der Waals surface area contributed by atoms with Crippen LogP contribution in [0.1, 0.15) is 17.3 Å². The van der Waals surface area contributed by atoms with Crippen LogP contribution in [0.3, 0.4) is 0 Å². The number of ether oxygens (including phenoxy) is 1. The Morgan fingerprint density at radius 1 is 1.67 bits per heavy atom. The second-order valence-corrected chi connectivity index (χ2v) is 4.96. The first-order valence-corrected chi connectivity index (χ1v) is 6.96. The monoisotopic (exact) mass is 269 g/mol. The Balaban J connectivity index is 3.11. The van der Waals surface area contributed by atoms with E-state index < -0.39 is 5.97 Å². The highest BCUT2D eigenvalue weighted by Crippen LogP contribution is 2.22. The lowest BCUT2D eigenvalue weighted by Crippen LogP contribution is -2.33. The van der Waals surface area contributed by atoms with E-state index in [1.54, 1.807) is 24.0 Å². The van der Waals surface area contributed by atoms with Crippen LogP contribution in [0.25, 0.3) is 0 Å². The van der Waals surface area contributed by atoms with Gasteiger partial charge >= 0.3 is 5.97 Å². The minimum Gasteiger partial charge on any atom is -0.465 e. The zero-order chi connectivity index (χ0) is 13.7. The second kappa shape index (κ2) is 6.49. The van der Waals surface area contributed by atoms with Crippen LogP contribution in [0, 0.1) is 0 Å². The number of nitrogens with zero attached hydrogens (tertiary/aromatic N) is 2. The highest BCUT2D eigenvalue weighted by Gasteiger charge is 2.20. The normalized spacial score (nSPS) is 12.0. The summed E-state index contributed by atoms with van der Waals surface area (Å²) >= 11 is 1.75. The fraction of sp³-hybridized carbons (Fsp3) is 0.500. The van der Waals surface area contributed by atoms with Gasteiger partial charge in [-0.3, -0.25) is 0 Å². The van der Waals surface area contributed by atoms with Crippen LogP contribution in [-0.2, 0) is 4.74 Å². The minimum absolute atomic E-state index is 0.263. The molecule has 1 rings (SSSR count). The van der Waals surface area contributed by atoms with Crippen molar-refractivity contribution in [1.29, 1.82) is 0 Å². The van der Waals surface area contributed by atoms with E-state index in [1.165, 1.54) is 7.11 Å². The van der Waals surface area contributed by atoms with Gasteiger partial charge in [0.25, 0.3) is 0 Å². The number of anilines is 2. The van der Waals surface area contributed by atoms with Gasteiger partial charge in [-0.1, -0.05) is 0 Å². The number of nitrogen functional groups attached to an aromatic ring is 1. The van der Waals surface area contributed by atoms with Gasteiger partial charge in [-0.15, -0.1) is 0 Å². The second-order valence-electron chi connectivity index (χ2n) is 4.05. The van der Waals surface area contributed by atoms with Crippen molar-refractivity contribution >= 4 is 29.2 Å². The van der Waals surface area contributed by atoms with E-state index in [9.17, 15) is 4.79 Å². The van der Waals surface area contributed by atoms with E-state index >= 15 is 0 Å². The first-order valence-electron chi connectivity index (χ1n) is 5.56. The van der Waals surface area contributed by atoms with E-state index in [0.29, 0.717) is 17.1 Å². The summed E-state index contributed by atoms with van der Waals surface area (Å²) < 4.78 is 4.76. The van der Waals surface area contributed by atoms with E-state index in [0.717, 1.165) is 5.75 Å². The first kappa shape index (κ1) is 14.6. The zero-order valence-electron chi connectivity index (χ0n) is 11.1.